The summed E-state index contributed by atoms with van der Waals surface area (Å²) < 4.78 is 6.10. The van der Waals surface area contributed by atoms with Crippen LogP contribution in [0.25, 0.3) is 6.08 Å². The standard InChI is InChI=1S/C35H39NO6S/c1-2-7-23(18-24-11-14-26(38)15-12-24)13-16-31(39)32-25(22-42-27-8-4-3-5-9-27)19-29-33(30(32)21-37)35(41)36(34(29)40)20-28-10-6-17-43-28/h3-6,8-12,14-15,17-18,29-31,33,37-39H,2,7,13,16,19-22H2,1H3/b23-18+/t29-,30+,31-,33-/m1/s1. The van der Waals surface area contributed by atoms with Gasteiger partial charge >= 0.3 is 0 Å². The third-order valence-electron chi connectivity index (χ3n) is 8.46. The largest absolute Gasteiger partial charge is 0.508 e. The lowest BCUT2D eigenvalue weighted by molar-refractivity contribution is -0.140. The zero-order valence-electron chi connectivity index (χ0n) is 24.4. The first-order valence-electron chi connectivity index (χ1n) is 14.9. The Balaban J connectivity index is 1.42. The monoisotopic (exact) mass is 601 g/mol. The Kier molecular flexibility index (Phi) is 10.1. The topological polar surface area (TPSA) is 107 Å². The SMILES string of the molecule is CCC/C(=C\c1ccc(O)cc1)CC[C@@H](O)C1=C(COc2ccccc2)C[C@H]2C(=O)N(Cc3cccs3)C(=O)[C@H]2[C@H]1CO. The molecule has 4 atom stereocenters. The highest BCUT2D eigenvalue weighted by atomic mass is 32.1. The number of likely N-dealkylation sites (tertiary alicyclic amines) is 1. The number of thiophene rings is 1. The predicted molar refractivity (Wildman–Crippen MR) is 167 cm³/mol. The van der Waals surface area contributed by atoms with E-state index in [-0.39, 0.29) is 37.3 Å². The van der Waals surface area contributed by atoms with Crippen LogP contribution in [0.3, 0.4) is 0 Å². The van der Waals surface area contributed by atoms with Crippen molar-refractivity contribution in [2.24, 2.45) is 17.8 Å². The molecule has 3 aromatic rings. The van der Waals surface area contributed by atoms with Gasteiger partial charge in [-0.15, -0.1) is 11.3 Å². The van der Waals surface area contributed by atoms with Gasteiger partial charge in [-0.25, -0.2) is 0 Å². The quantitative estimate of drug-likeness (QED) is 0.165. The molecule has 226 valence electrons. The Morgan fingerprint density at radius 2 is 1.81 bits per heavy atom. The van der Waals surface area contributed by atoms with Gasteiger partial charge in [0.2, 0.25) is 11.8 Å². The first kappa shape index (κ1) is 30.7. The van der Waals surface area contributed by atoms with Crippen LogP contribution in [0.15, 0.2) is 88.8 Å². The van der Waals surface area contributed by atoms with Crippen molar-refractivity contribution in [2.75, 3.05) is 13.2 Å². The molecule has 2 heterocycles. The second kappa shape index (κ2) is 14.2. The van der Waals surface area contributed by atoms with Gasteiger partial charge in [-0.3, -0.25) is 14.5 Å². The average molecular weight is 602 g/mol. The molecule has 43 heavy (non-hydrogen) atoms. The number of aromatic hydroxyl groups is 1. The van der Waals surface area contributed by atoms with E-state index >= 15 is 0 Å². The lowest BCUT2D eigenvalue weighted by Gasteiger charge is -2.36. The number of ether oxygens (including phenoxy) is 1. The molecule has 0 radical (unpaired) electrons. The number of fused-ring (bicyclic) bond motifs is 1. The molecule has 7 nitrogen and oxygen atoms in total. The molecule has 1 aromatic heterocycles. The van der Waals surface area contributed by atoms with Crippen LogP contribution in [0.1, 0.15) is 49.5 Å². The lowest BCUT2D eigenvalue weighted by atomic mass is 9.68. The first-order valence-corrected chi connectivity index (χ1v) is 15.8. The van der Waals surface area contributed by atoms with Crippen LogP contribution in [0.4, 0.5) is 0 Å². The Hall–Kier alpha value is -3.72. The summed E-state index contributed by atoms with van der Waals surface area (Å²) in [6, 6.07) is 20.2. The maximum Gasteiger partial charge on any atom is 0.234 e. The number of carbonyl (C=O) groups excluding carboxylic acids is 2. The van der Waals surface area contributed by atoms with Crippen LogP contribution in [0.5, 0.6) is 11.5 Å². The van der Waals surface area contributed by atoms with E-state index in [0.717, 1.165) is 28.9 Å². The van der Waals surface area contributed by atoms with E-state index in [1.54, 1.807) is 12.1 Å². The van der Waals surface area contributed by atoms with Crippen LogP contribution in [0, 0.1) is 17.8 Å². The van der Waals surface area contributed by atoms with Gasteiger partial charge in [-0.2, -0.15) is 0 Å². The van der Waals surface area contributed by atoms with Gasteiger partial charge in [0.25, 0.3) is 0 Å². The molecule has 1 aliphatic heterocycles. The van der Waals surface area contributed by atoms with E-state index in [1.165, 1.54) is 21.8 Å². The normalized spacial score (nSPS) is 21.3. The molecule has 8 heteroatoms. The van der Waals surface area contributed by atoms with Gasteiger partial charge < -0.3 is 20.1 Å². The van der Waals surface area contributed by atoms with E-state index in [2.05, 4.69) is 13.0 Å². The number of phenolic OH excluding ortho intramolecular Hbond substituents is 1. The molecule has 0 spiro atoms. The zero-order valence-corrected chi connectivity index (χ0v) is 25.2. The van der Waals surface area contributed by atoms with Gasteiger partial charge in [0, 0.05) is 10.8 Å². The fourth-order valence-corrected chi connectivity index (χ4v) is 7.13. The maximum atomic E-state index is 13.7. The Bertz CT molecular complexity index is 1450. The number of allylic oxidation sites excluding steroid dienone is 1. The number of benzene rings is 2. The summed E-state index contributed by atoms with van der Waals surface area (Å²) in [5.41, 5.74) is 3.54. The van der Waals surface area contributed by atoms with Crippen molar-refractivity contribution in [3.05, 3.63) is 99.3 Å². The summed E-state index contributed by atoms with van der Waals surface area (Å²) in [7, 11) is 0. The fraction of sp³-hybridized carbons (Fsp3) is 0.371. The summed E-state index contributed by atoms with van der Waals surface area (Å²) in [6.45, 7) is 2.14. The number of amides is 2. The van der Waals surface area contributed by atoms with E-state index in [4.69, 9.17) is 4.74 Å². The van der Waals surface area contributed by atoms with Crippen LogP contribution in [0.2, 0.25) is 0 Å². The number of aliphatic hydroxyl groups excluding tert-OH is 2. The number of rotatable bonds is 13. The van der Waals surface area contributed by atoms with Gasteiger partial charge in [-0.1, -0.05) is 61.4 Å². The van der Waals surface area contributed by atoms with Crippen molar-refractivity contribution < 1.29 is 29.6 Å². The average Bonchev–Trinajstić information content (AvgIpc) is 3.62. The summed E-state index contributed by atoms with van der Waals surface area (Å²) in [5.74, 6) is -1.62. The molecule has 2 aromatic carbocycles. The number of carbonyl (C=O) groups is 2. The predicted octanol–water partition coefficient (Wildman–Crippen LogP) is 5.97. The van der Waals surface area contributed by atoms with Gasteiger partial charge in [0.15, 0.2) is 0 Å². The van der Waals surface area contributed by atoms with Crippen molar-refractivity contribution >= 4 is 29.2 Å². The van der Waals surface area contributed by atoms with E-state index in [1.807, 2.05) is 60.0 Å². The lowest BCUT2D eigenvalue weighted by Crippen LogP contribution is -2.40. The minimum Gasteiger partial charge on any atom is -0.508 e. The maximum absolute atomic E-state index is 13.7. The highest BCUT2D eigenvalue weighted by Gasteiger charge is 2.54. The number of nitrogens with zero attached hydrogens (tertiary/aromatic N) is 1. The summed E-state index contributed by atoms with van der Waals surface area (Å²) in [4.78, 5) is 29.6. The van der Waals surface area contributed by atoms with Crippen molar-refractivity contribution in [2.45, 2.75) is 51.7 Å². The highest BCUT2D eigenvalue weighted by molar-refractivity contribution is 7.09. The molecule has 5 rings (SSSR count). The molecule has 2 amide bonds. The summed E-state index contributed by atoms with van der Waals surface area (Å²) >= 11 is 1.50. The van der Waals surface area contributed by atoms with Crippen molar-refractivity contribution in [1.29, 1.82) is 0 Å². The molecule has 2 aliphatic rings. The van der Waals surface area contributed by atoms with Crippen molar-refractivity contribution in [1.82, 2.24) is 4.90 Å². The van der Waals surface area contributed by atoms with Crippen LogP contribution >= 0.6 is 11.3 Å². The van der Waals surface area contributed by atoms with Gasteiger partial charge in [0.05, 0.1) is 31.1 Å². The number of para-hydroxylation sites is 1. The van der Waals surface area contributed by atoms with Crippen LogP contribution in [-0.4, -0.2) is 51.4 Å². The van der Waals surface area contributed by atoms with Crippen molar-refractivity contribution in [3.63, 3.8) is 0 Å². The Labute approximate surface area is 256 Å². The van der Waals surface area contributed by atoms with E-state index < -0.39 is 23.9 Å². The third-order valence-corrected chi connectivity index (χ3v) is 9.32. The molecule has 0 bridgehead atoms. The van der Waals surface area contributed by atoms with E-state index in [9.17, 15) is 24.9 Å². The molecule has 1 aliphatic carbocycles. The molecule has 0 saturated carbocycles. The second-order valence-electron chi connectivity index (χ2n) is 11.3. The minimum atomic E-state index is -0.915. The summed E-state index contributed by atoms with van der Waals surface area (Å²) in [6.07, 6.45) is 4.30. The van der Waals surface area contributed by atoms with E-state index in [0.29, 0.717) is 30.6 Å². The number of hydrogen-bond donors (Lipinski definition) is 3. The minimum absolute atomic E-state index is 0.160. The zero-order chi connectivity index (χ0) is 30.3. The van der Waals surface area contributed by atoms with Crippen LogP contribution < -0.4 is 4.74 Å². The molecule has 0 unspecified atom stereocenters. The smallest absolute Gasteiger partial charge is 0.234 e. The molecule has 1 fully saturated rings. The Morgan fingerprint density at radius 3 is 2.49 bits per heavy atom. The molecular formula is C35H39NO6S. The fourth-order valence-electron chi connectivity index (χ4n) is 6.43. The molecule has 3 N–H and O–H groups in total. The van der Waals surface area contributed by atoms with Gasteiger partial charge in [-0.05, 0) is 78.1 Å². The summed E-state index contributed by atoms with van der Waals surface area (Å²) in [5, 5.41) is 34.0. The van der Waals surface area contributed by atoms with Crippen LogP contribution in [-0.2, 0) is 16.1 Å². The number of imide groups is 1. The second-order valence-corrected chi connectivity index (χ2v) is 12.4. The third kappa shape index (κ3) is 7.09. The van der Waals surface area contributed by atoms with Crippen molar-refractivity contribution in [3.8, 4) is 11.5 Å². The Morgan fingerprint density at radius 1 is 1.05 bits per heavy atom. The number of aliphatic hydroxyl groups is 2. The number of phenols is 1. The molecular weight excluding hydrogens is 562 g/mol. The van der Waals surface area contributed by atoms with Gasteiger partial charge in [0.1, 0.15) is 18.1 Å². The highest BCUT2D eigenvalue weighted by Crippen LogP contribution is 2.47. The first-order chi connectivity index (χ1) is 20.9. The number of hydrogen-bond acceptors (Lipinski definition) is 7. The molecule has 1 saturated heterocycles.